The van der Waals surface area contributed by atoms with Crippen molar-refractivity contribution >= 4 is 34.2 Å². The van der Waals surface area contributed by atoms with Crippen molar-refractivity contribution in [3.63, 3.8) is 0 Å². The van der Waals surface area contributed by atoms with Crippen LogP contribution in [0.4, 0.5) is 0 Å². The number of halogens is 1. The van der Waals surface area contributed by atoms with Crippen molar-refractivity contribution in [3.8, 4) is 0 Å². The van der Waals surface area contributed by atoms with Gasteiger partial charge in [-0.3, -0.25) is 25.2 Å². The van der Waals surface area contributed by atoms with Crippen LogP contribution >= 0.6 is 11.6 Å². The molecule has 0 saturated heterocycles. The van der Waals surface area contributed by atoms with Crippen molar-refractivity contribution in [2.24, 2.45) is 0 Å². The Morgan fingerprint density at radius 2 is 1.58 bits per heavy atom. The monoisotopic (exact) mass is 341 g/mol. The largest absolute Gasteiger partial charge is 0.317 e. The SMILES string of the molecule is O=C(NNC(=O)c1ccccc1Cl)c1cc2ccccc2c(=O)[nH]1. The zero-order chi connectivity index (χ0) is 17.1. The molecule has 3 rings (SSSR count). The summed E-state index contributed by atoms with van der Waals surface area (Å²) in [5.74, 6) is -1.20. The van der Waals surface area contributed by atoms with Crippen LogP contribution in [0.2, 0.25) is 5.02 Å². The van der Waals surface area contributed by atoms with Gasteiger partial charge in [-0.2, -0.15) is 0 Å². The molecule has 0 atom stereocenters. The molecule has 0 fully saturated rings. The maximum atomic E-state index is 12.1. The molecule has 2 amide bonds. The molecule has 0 aliphatic rings. The number of pyridine rings is 1. The topological polar surface area (TPSA) is 91.1 Å². The number of hydrogen-bond acceptors (Lipinski definition) is 3. The average Bonchev–Trinajstić information content (AvgIpc) is 2.59. The quantitative estimate of drug-likeness (QED) is 0.624. The van der Waals surface area contributed by atoms with Gasteiger partial charge in [-0.15, -0.1) is 0 Å². The third-order valence-corrected chi connectivity index (χ3v) is 3.74. The number of carbonyl (C=O) groups excluding carboxylic acids is 2. The number of amides is 2. The number of rotatable bonds is 2. The van der Waals surface area contributed by atoms with E-state index in [9.17, 15) is 14.4 Å². The lowest BCUT2D eigenvalue weighted by atomic mass is 10.1. The van der Waals surface area contributed by atoms with Gasteiger partial charge in [0.15, 0.2) is 0 Å². The minimum absolute atomic E-state index is 0.0400. The second-order valence-corrected chi connectivity index (χ2v) is 5.39. The van der Waals surface area contributed by atoms with Crippen LogP contribution in [0, 0.1) is 0 Å². The molecule has 1 aromatic heterocycles. The number of hydrogen-bond donors (Lipinski definition) is 3. The van der Waals surface area contributed by atoms with Crippen LogP contribution in [-0.4, -0.2) is 16.8 Å². The number of hydrazine groups is 1. The molecule has 0 bridgehead atoms. The minimum atomic E-state index is -0.641. The fraction of sp³-hybridized carbons (Fsp3) is 0. The summed E-state index contributed by atoms with van der Waals surface area (Å²) in [6.07, 6.45) is 0. The lowest BCUT2D eigenvalue weighted by Crippen LogP contribution is -2.42. The Labute approximate surface area is 141 Å². The first-order valence-electron chi connectivity index (χ1n) is 7.03. The third kappa shape index (κ3) is 3.13. The maximum absolute atomic E-state index is 12.1. The standard InChI is InChI=1S/C17H12ClN3O3/c18-13-8-4-3-7-12(13)16(23)20-21-17(24)14-9-10-5-1-2-6-11(10)15(22)19-14/h1-9H,(H,19,22)(H,20,23)(H,21,24). The summed E-state index contributed by atoms with van der Waals surface area (Å²) in [7, 11) is 0. The molecular weight excluding hydrogens is 330 g/mol. The maximum Gasteiger partial charge on any atom is 0.286 e. The Hall–Kier alpha value is -3.12. The van der Waals surface area contributed by atoms with Crippen LogP contribution in [-0.2, 0) is 0 Å². The van der Waals surface area contributed by atoms with Crippen LogP contribution < -0.4 is 16.4 Å². The second-order valence-electron chi connectivity index (χ2n) is 4.99. The summed E-state index contributed by atoms with van der Waals surface area (Å²) in [6, 6.07) is 14.9. The summed E-state index contributed by atoms with van der Waals surface area (Å²) in [5.41, 5.74) is 4.40. The van der Waals surface area contributed by atoms with Gasteiger partial charge < -0.3 is 4.98 Å². The van der Waals surface area contributed by atoms with Gasteiger partial charge in [-0.1, -0.05) is 41.9 Å². The fourth-order valence-corrected chi connectivity index (χ4v) is 2.45. The molecular formula is C17H12ClN3O3. The third-order valence-electron chi connectivity index (χ3n) is 3.41. The number of carbonyl (C=O) groups is 2. The number of aromatic nitrogens is 1. The highest BCUT2D eigenvalue weighted by molar-refractivity contribution is 6.33. The molecule has 2 aromatic carbocycles. The van der Waals surface area contributed by atoms with E-state index in [4.69, 9.17) is 11.6 Å². The molecule has 3 aromatic rings. The number of fused-ring (bicyclic) bond motifs is 1. The van der Waals surface area contributed by atoms with E-state index in [1.54, 1.807) is 42.5 Å². The van der Waals surface area contributed by atoms with E-state index in [0.29, 0.717) is 10.8 Å². The molecule has 24 heavy (non-hydrogen) atoms. The highest BCUT2D eigenvalue weighted by atomic mass is 35.5. The van der Waals surface area contributed by atoms with Crippen molar-refractivity contribution in [2.75, 3.05) is 0 Å². The van der Waals surface area contributed by atoms with E-state index in [0.717, 1.165) is 0 Å². The lowest BCUT2D eigenvalue weighted by molar-refractivity contribution is 0.0844. The Morgan fingerprint density at radius 3 is 2.38 bits per heavy atom. The smallest absolute Gasteiger partial charge is 0.286 e. The zero-order valence-electron chi connectivity index (χ0n) is 12.3. The van der Waals surface area contributed by atoms with E-state index in [1.165, 1.54) is 12.1 Å². The Morgan fingerprint density at radius 1 is 0.917 bits per heavy atom. The van der Waals surface area contributed by atoms with Crippen LogP contribution in [0.25, 0.3) is 10.8 Å². The molecule has 0 saturated carbocycles. The molecule has 0 spiro atoms. The molecule has 7 heteroatoms. The second kappa shape index (κ2) is 6.55. The van der Waals surface area contributed by atoms with Crippen molar-refractivity contribution in [1.29, 1.82) is 0 Å². The molecule has 1 heterocycles. The highest BCUT2D eigenvalue weighted by Gasteiger charge is 2.13. The van der Waals surface area contributed by atoms with Crippen LogP contribution in [0.3, 0.4) is 0 Å². The molecule has 120 valence electrons. The van der Waals surface area contributed by atoms with Gasteiger partial charge in [0.25, 0.3) is 17.4 Å². The van der Waals surface area contributed by atoms with E-state index in [2.05, 4.69) is 15.8 Å². The van der Waals surface area contributed by atoms with Crippen molar-refractivity contribution in [1.82, 2.24) is 15.8 Å². The minimum Gasteiger partial charge on any atom is -0.317 e. The van der Waals surface area contributed by atoms with Crippen LogP contribution in [0.1, 0.15) is 20.8 Å². The molecule has 6 nitrogen and oxygen atoms in total. The van der Waals surface area contributed by atoms with Crippen molar-refractivity contribution in [3.05, 3.63) is 81.2 Å². The molecule has 0 radical (unpaired) electrons. The number of aromatic amines is 1. The van der Waals surface area contributed by atoms with Crippen molar-refractivity contribution < 1.29 is 9.59 Å². The summed E-state index contributed by atoms with van der Waals surface area (Å²) < 4.78 is 0. The van der Waals surface area contributed by atoms with Gasteiger partial charge in [-0.25, -0.2) is 0 Å². The summed E-state index contributed by atoms with van der Waals surface area (Å²) in [4.78, 5) is 38.6. The van der Waals surface area contributed by atoms with Crippen LogP contribution in [0.15, 0.2) is 59.4 Å². The summed E-state index contributed by atoms with van der Waals surface area (Å²) in [5, 5.41) is 1.38. The summed E-state index contributed by atoms with van der Waals surface area (Å²) >= 11 is 5.92. The number of benzene rings is 2. The van der Waals surface area contributed by atoms with E-state index >= 15 is 0 Å². The average molecular weight is 342 g/mol. The van der Waals surface area contributed by atoms with E-state index in [1.807, 2.05) is 0 Å². The molecule has 0 unspecified atom stereocenters. The van der Waals surface area contributed by atoms with Gasteiger partial charge in [0.2, 0.25) is 0 Å². The Bertz CT molecular complexity index is 998. The predicted octanol–water partition coefficient (Wildman–Crippen LogP) is 2.26. The van der Waals surface area contributed by atoms with Gasteiger partial charge in [0.1, 0.15) is 5.69 Å². The molecule has 0 aliphatic heterocycles. The van der Waals surface area contributed by atoms with Gasteiger partial charge in [-0.05, 0) is 29.7 Å². The van der Waals surface area contributed by atoms with Crippen molar-refractivity contribution in [2.45, 2.75) is 0 Å². The first kappa shape index (κ1) is 15.8. The fourth-order valence-electron chi connectivity index (χ4n) is 2.23. The Kier molecular flexibility index (Phi) is 4.31. The molecule has 0 aliphatic carbocycles. The van der Waals surface area contributed by atoms with Gasteiger partial charge in [0.05, 0.1) is 10.6 Å². The van der Waals surface area contributed by atoms with E-state index in [-0.39, 0.29) is 21.8 Å². The van der Waals surface area contributed by atoms with Crippen LogP contribution in [0.5, 0.6) is 0 Å². The highest BCUT2D eigenvalue weighted by Crippen LogP contribution is 2.14. The first-order chi connectivity index (χ1) is 11.6. The normalized spacial score (nSPS) is 10.4. The van der Waals surface area contributed by atoms with E-state index < -0.39 is 11.8 Å². The first-order valence-corrected chi connectivity index (χ1v) is 7.41. The van der Waals surface area contributed by atoms with Gasteiger partial charge >= 0.3 is 0 Å². The molecule has 3 N–H and O–H groups in total. The lowest BCUT2D eigenvalue weighted by Gasteiger charge is -2.09. The number of H-pyrrole nitrogens is 1. The number of nitrogens with one attached hydrogen (secondary N) is 3. The Balaban J connectivity index is 1.77. The van der Waals surface area contributed by atoms with Gasteiger partial charge in [0, 0.05) is 5.39 Å². The zero-order valence-corrected chi connectivity index (χ0v) is 13.1. The summed E-state index contributed by atoms with van der Waals surface area (Å²) in [6.45, 7) is 0. The predicted molar refractivity (Wildman–Crippen MR) is 91.0 cm³/mol.